The highest BCUT2D eigenvalue weighted by Gasteiger charge is 2.61. The van der Waals surface area contributed by atoms with E-state index in [1.807, 2.05) is 0 Å². The molecule has 1 saturated carbocycles. The molecule has 1 aliphatic carbocycles. The number of methoxy groups -OCH3 is 2. The topological polar surface area (TPSA) is 27.7 Å². The molecule has 0 spiro atoms. The largest absolute Gasteiger partial charge is 0.493 e. The van der Waals surface area contributed by atoms with Crippen LogP contribution in [0.3, 0.4) is 0 Å². The quantitative estimate of drug-likeness (QED) is 0.763. The van der Waals surface area contributed by atoms with Crippen molar-refractivity contribution in [3.63, 3.8) is 0 Å². The first kappa shape index (κ1) is 8.88. The summed E-state index contributed by atoms with van der Waals surface area (Å²) in [5, 5.41) is 0. The number of benzene rings is 1. The molecular formula is C13H14O3. The summed E-state index contributed by atoms with van der Waals surface area (Å²) >= 11 is 0. The van der Waals surface area contributed by atoms with Crippen molar-refractivity contribution in [1.82, 2.24) is 0 Å². The van der Waals surface area contributed by atoms with Crippen LogP contribution in [0.1, 0.15) is 29.8 Å². The predicted molar refractivity (Wildman–Crippen MR) is 57.7 cm³/mol. The molecule has 0 amide bonds. The molecule has 2 fully saturated rings. The van der Waals surface area contributed by atoms with E-state index in [4.69, 9.17) is 14.2 Å². The van der Waals surface area contributed by atoms with E-state index in [1.165, 1.54) is 17.5 Å². The maximum atomic E-state index is 5.99. The van der Waals surface area contributed by atoms with Crippen LogP contribution in [0.25, 0.3) is 0 Å². The van der Waals surface area contributed by atoms with Crippen LogP contribution in [0, 0.1) is 11.8 Å². The molecule has 16 heavy (non-hydrogen) atoms. The molecule has 1 aromatic rings. The first-order valence-corrected chi connectivity index (χ1v) is 5.74. The summed E-state index contributed by atoms with van der Waals surface area (Å²) < 4.78 is 16.7. The molecule has 84 valence electrons. The molecular weight excluding hydrogens is 204 g/mol. The number of hydrogen-bond acceptors (Lipinski definition) is 3. The minimum atomic E-state index is 0.324. The summed E-state index contributed by atoms with van der Waals surface area (Å²) in [5.74, 6) is 3.18. The summed E-state index contributed by atoms with van der Waals surface area (Å²) in [4.78, 5) is 0. The second-order valence-corrected chi connectivity index (χ2v) is 4.88. The van der Waals surface area contributed by atoms with E-state index < -0.39 is 0 Å². The summed E-state index contributed by atoms with van der Waals surface area (Å²) in [6, 6.07) is 4.18. The molecule has 0 aromatic heterocycles. The minimum Gasteiger partial charge on any atom is -0.493 e. The van der Waals surface area contributed by atoms with Gasteiger partial charge in [-0.25, -0.2) is 0 Å². The Hall–Kier alpha value is -1.22. The lowest BCUT2D eigenvalue weighted by molar-refractivity contribution is 0.0392. The number of ether oxygens (including phenoxy) is 3. The molecule has 0 N–H and O–H groups in total. The van der Waals surface area contributed by atoms with Gasteiger partial charge in [0.1, 0.15) is 0 Å². The van der Waals surface area contributed by atoms with Crippen molar-refractivity contribution in [2.75, 3.05) is 14.2 Å². The third-order valence-electron chi connectivity index (χ3n) is 4.16. The van der Waals surface area contributed by atoms with E-state index >= 15 is 0 Å². The second kappa shape index (κ2) is 2.72. The van der Waals surface area contributed by atoms with Crippen molar-refractivity contribution in [1.29, 1.82) is 0 Å². The van der Waals surface area contributed by atoms with Crippen molar-refractivity contribution < 1.29 is 14.2 Å². The zero-order valence-corrected chi connectivity index (χ0v) is 9.40. The smallest absolute Gasteiger partial charge is 0.161 e. The zero-order chi connectivity index (χ0) is 10.9. The Morgan fingerprint density at radius 2 is 1.50 bits per heavy atom. The van der Waals surface area contributed by atoms with Gasteiger partial charge in [-0.1, -0.05) is 0 Å². The molecule has 3 nitrogen and oxygen atoms in total. The van der Waals surface area contributed by atoms with Crippen molar-refractivity contribution in [3.05, 3.63) is 23.3 Å². The molecule has 1 saturated heterocycles. The van der Waals surface area contributed by atoms with Crippen LogP contribution in [-0.4, -0.2) is 14.2 Å². The summed E-state index contributed by atoms with van der Waals surface area (Å²) in [6.07, 6.45) is 1.98. The highest BCUT2D eigenvalue weighted by atomic mass is 16.5. The highest BCUT2D eigenvalue weighted by molar-refractivity contribution is 5.53. The average Bonchev–Trinajstić information content (AvgIpc) is 2.95. The Morgan fingerprint density at radius 3 is 1.94 bits per heavy atom. The van der Waals surface area contributed by atoms with E-state index in [1.54, 1.807) is 14.2 Å². The van der Waals surface area contributed by atoms with Gasteiger partial charge < -0.3 is 14.2 Å². The van der Waals surface area contributed by atoms with Gasteiger partial charge in [0.05, 0.1) is 26.4 Å². The van der Waals surface area contributed by atoms with E-state index in [0.717, 1.165) is 23.3 Å². The first-order valence-electron chi connectivity index (χ1n) is 5.74. The van der Waals surface area contributed by atoms with E-state index in [-0.39, 0.29) is 0 Å². The average molecular weight is 218 g/mol. The highest BCUT2D eigenvalue weighted by Crippen LogP contribution is 2.69. The first-order chi connectivity index (χ1) is 7.83. The Balaban J connectivity index is 1.88. The zero-order valence-electron chi connectivity index (χ0n) is 9.40. The molecule has 2 heterocycles. The lowest BCUT2D eigenvalue weighted by Crippen LogP contribution is -2.02. The number of rotatable bonds is 2. The van der Waals surface area contributed by atoms with Crippen LogP contribution >= 0.6 is 0 Å². The monoisotopic (exact) mass is 218 g/mol. The molecule has 2 aliphatic heterocycles. The minimum absolute atomic E-state index is 0.324. The van der Waals surface area contributed by atoms with E-state index in [0.29, 0.717) is 12.2 Å². The lowest BCUT2D eigenvalue weighted by Gasteiger charge is -2.15. The number of hydrogen-bond donors (Lipinski definition) is 0. The van der Waals surface area contributed by atoms with Crippen LogP contribution in [0.5, 0.6) is 11.5 Å². The van der Waals surface area contributed by atoms with Crippen LogP contribution in [0.2, 0.25) is 0 Å². The van der Waals surface area contributed by atoms with Gasteiger partial charge in [-0.15, -0.1) is 0 Å². The molecule has 2 bridgehead atoms. The SMILES string of the molecule is COc1cc2c(cc1OC)[C@@H]1O[C@H]2[C@H]2C[C@H]21. The van der Waals surface area contributed by atoms with E-state index in [2.05, 4.69) is 12.1 Å². The van der Waals surface area contributed by atoms with Gasteiger partial charge in [0.25, 0.3) is 0 Å². The molecule has 0 radical (unpaired) electrons. The summed E-state index contributed by atoms with van der Waals surface area (Å²) in [5.41, 5.74) is 2.64. The van der Waals surface area contributed by atoms with Crippen LogP contribution in [0.15, 0.2) is 12.1 Å². The van der Waals surface area contributed by atoms with Gasteiger partial charge in [-0.2, -0.15) is 0 Å². The maximum Gasteiger partial charge on any atom is 0.161 e. The standard InChI is InChI=1S/C13H14O3/c1-14-10-4-8-9(5-11(10)15-2)13-7-3-6(7)12(8)16-13/h4-7,12-13H,3H2,1-2H3/t6-,7+,12-,13+. The fraction of sp³-hybridized carbons (Fsp3) is 0.538. The maximum absolute atomic E-state index is 5.99. The van der Waals surface area contributed by atoms with Gasteiger partial charge in [0, 0.05) is 0 Å². The fourth-order valence-corrected chi connectivity index (χ4v) is 3.30. The van der Waals surface area contributed by atoms with Crippen LogP contribution in [0.4, 0.5) is 0 Å². The second-order valence-electron chi connectivity index (χ2n) is 4.88. The van der Waals surface area contributed by atoms with E-state index in [9.17, 15) is 0 Å². The van der Waals surface area contributed by atoms with Gasteiger partial charge in [-0.3, -0.25) is 0 Å². The molecule has 0 unspecified atom stereocenters. The summed E-state index contributed by atoms with van der Waals surface area (Å²) in [7, 11) is 3.36. The Morgan fingerprint density at radius 1 is 1.00 bits per heavy atom. The molecule has 1 aromatic carbocycles. The Kier molecular flexibility index (Phi) is 1.51. The number of fused-ring (bicyclic) bond motifs is 8. The fourth-order valence-electron chi connectivity index (χ4n) is 3.30. The third-order valence-corrected chi connectivity index (χ3v) is 4.16. The van der Waals surface area contributed by atoms with Crippen molar-refractivity contribution >= 4 is 0 Å². The van der Waals surface area contributed by atoms with Gasteiger partial charge in [-0.05, 0) is 41.5 Å². The predicted octanol–water partition coefficient (Wildman–Crippen LogP) is 2.47. The van der Waals surface area contributed by atoms with Crippen molar-refractivity contribution in [2.24, 2.45) is 11.8 Å². The molecule has 4 atom stereocenters. The molecule has 4 rings (SSSR count). The molecule has 3 heteroatoms. The lowest BCUT2D eigenvalue weighted by atomic mass is 9.91. The van der Waals surface area contributed by atoms with Crippen molar-refractivity contribution in [2.45, 2.75) is 18.6 Å². The van der Waals surface area contributed by atoms with Crippen LogP contribution < -0.4 is 9.47 Å². The normalized spacial score (nSPS) is 36.9. The third kappa shape index (κ3) is 0.884. The molecule has 3 aliphatic rings. The Bertz CT molecular complexity index is 427. The van der Waals surface area contributed by atoms with Crippen LogP contribution in [-0.2, 0) is 4.74 Å². The van der Waals surface area contributed by atoms with Crippen molar-refractivity contribution in [3.8, 4) is 11.5 Å². The Labute approximate surface area is 94.3 Å². The van der Waals surface area contributed by atoms with Gasteiger partial charge in [0.15, 0.2) is 11.5 Å². The summed E-state index contributed by atoms with van der Waals surface area (Å²) in [6.45, 7) is 0. The van der Waals surface area contributed by atoms with Gasteiger partial charge in [0.2, 0.25) is 0 Å². The van der Waals surface area contributed by atoms with Gasteiger partial charge >= 0.3 is 0 Å².